The fourth-order valence-corrected chi connectivity index (χ4v) is 1.34. The van der Waals surface area contributed by atoms with Gasteiger partial charge in [-0.2, -0.15) is 4.98 Å². The molecule has 2 heterocycles. The Kier molecular flexibility index (Phi) is 2.24. The molecule has 0 amide bonds. The molecule has 78 valence electrons. The smallest absolute Gasteiger partial charge is 0.322 e. The number of anilines is 1. The lowest BCUT2D eigenvalue weighted by Gasteiger charge is -2.02. The van der Waals surface area contributed by atoms with Gasteiger partial charge in [-0.1, -0.05) is 0 Å². The summed E-state index contributed by atoms with van der Waals surface area (Å²) in [6, 6.07) is 3.69. The zero-order valence-electron chi connectivity index (χ0n) is 8.14. The fourth-order valence-electron chi connectivity index (χ4n) is 1.34. The Hall–Kier alpha value is -2.11. The lowest BCUT2D eigenvalue weighted by molar-refractivity contribution is -0.134. The van der Waals surface area contributed by atoms with E-state index in [1.165, 1.54) is 0 Å². The van der Waals surface area contributed by atoms with Crippen molar-refractivity contribution >= 4 is 23.1 Å². The molecule has 0 fully saturated rings. The number of nitrogens with one attached hydrogen (secondary N) is 1. The first kappa shape index (κ1) is 9.45. The highest BCUT2D eigenvalue weighted by molar-refractivity contribution is 5.76. The van der Waals surface area contributed by atoms with Crippen LogP contribution in [0.25, 0.3) is 11.2 Å². The number of fused-ring (bicyclic) bond motifs is 1. The number of hydrogen-bond donors (Lipinski definition) is 2. The number of hydrogen-bond acceptors (Lipinski definition) is 4. The van der Waals surface area contributed by atoms with Gasteiger partial charge in [0.15, 0.2) is 5.65 Å². The van der Waals surface area contributed by atoms with E-state index < -0.39 is 5.97 Å². The second kappa shape index (κ2) is 3.56. The first-order chi connectivity index (χ1) is 7.18. The van der Waals surface area contributed by atoms with E-state index in [1.54, 1.807) is 17.8 Å². The number of carbonyl (C=O) groups is 1. The molecule has 15 heavy (non-hydrogen) atoms. The van der Waals surface area contributed by atoms with Crippen LogP contribution in [0.1, 0.15) is 0 Å². The van der Waals surface area contributed by atoms with E-state index in [2.05, 4.69) is 15.3 Å². The van der Waals surface area contributed by atoms with Crippen molar-refractivity contribution in [1.82, 2.24) is 14.5 Å². The van der Waals surface area contributed by atoms with Gasteiger partial charge in [-0.15, -0.1) is 0 Å². The van der Waals surface area contributed by atoms with Gasteiger partial charge in [-0.3, -0.25) is 4.79 Å². The van der Waals surface area contributed by atoms with E-state index in [0.717, 1.165) is 5.52 Å². The highest BCUT2D eigenvalue weighted by atomic mass is 16.4. The summed E-state index contributed by atoms with van der Waals surface area (Å²) in [5, 5.41) is 11.2. The third-order valence-corrected chi connectivity index (χ3v) is 2.05. The monoisotopic (exact) mass is 206 g/mol. The van der Waals surface area contributed by atoms with Crippen LogP contribution >= 0.6 is 0 Å². The first-order valence-electron chi connectivity index (χ1n) is 4.41. The van der Waals surface area contributed by atoms with E-state index in [-0.39, 0.29) is 6.54 Å². The molecule has 2 N–H and O–H groups in total. The van der Waals surface area contributed by atoms with Crippen LogP contribution < -0.4 is 5.32 Å². The van der Waals surface area contributed by atoms with Crippen LogP contribution in [0.5, 0.6) is 0 Å². The van der Waals surface area contributed by atoms with Crippen molar-refractivity contribution in [3.8, 4) is 0 Å². The lowest BCUT2D eigenvalue weighted by atomic mass is 10.4. The quantitative estimate of drug-likeness (QED) is 0.762. The maximum atomic E-state index is 10.4. The Morgan fingerprint density at radius 1 is 1.67 bits per heavy atom. The fraction of sp³-hybridized carbons (Fsp3) is 0.222. The molecule has 0 saturated heterocycles. The van der Waals surface area contributed by atoms with Crippen molar-refractivity contribution in [1.29, 1.82) is 0 Å². The summed E-state index contributed by atoms with van der Waals surface area (Å²) in [5.41, 5.74) is 1.47. The molecule has 0 radical (unpaired) electrons. The average molecular weight is 206 g/mol. The van der Waals surface area contributed by atoms with E-state index in [1.807, 2.05) is 12.1 Å². The zero-order valence-corrected chi connectivity index (χ0v) is 8.14. The van der Waals surface area contributed by atoms with Crippen molar-refractivity contribution in [2.75, 3.05) is 11.9 Å². The summed E-state index contributed by atoms with van der Waals surface area (Å²) in [6.07, 6.45) is 1.65. The standard InChI is InChI=1S/C9H10N4O2/c1-13-6-3-2-4-10-8(6)12-9(13)11-5-7(14)15/h2-4H,5H2,1H3,(H,14,15)(H,10,11,12). The average Bonchev–Trinajstić information content (AvgIpc) is 2.54. The van der Waals surface area contributed by atoms with Gasteiger partial charge in [-0.25, -0.2) is 4.98 Å². The van der Waals surface area contributed by atoms with Crippen LogP contribution in [0.3, 0.4) is 0 Å². The number of pyridine rings is 1. The minimum Gasteiger partial charge on any atom is -0.480 e. The summed E-state index contributed by atoms with van der Waals surface area (Å²) in [4.78, 5) is 18.6. The van der Waals surface area contributed by atoms with Crippen molar-refractivity contribution in [2.45, 2.75) is 0 Å². The Bertz CT molecular complexity index is 506. The predicted molar refractivity (Wildman–Crippen MR) is 54.6 cm³/mol. The first-order valence-corrected chi connectivity index (χ1v) is 4.41. The highest BCUT2D eigenvalue weighted by Crippen LogP contribution is 2.14. The summed E-state index contributed by atoms with van der Waals surface area (Å²) in [6.45, 7) is -0.156. The van der Waals surface area contributed by atoms with Gasteiger partial charge in [0.05, 0.1) is 5.52 Å². The molecule has 0 atom stereocenters. The van der Waals surface area contributed by atoms with Crippen molar-refractivity contribution < 1.29 is 9.90 Å². The van der Waals surface area contributed by atoms with E-state index in [9.17, 15) is 4.79 Å². The molecule has 0 unspecified atom stereocenters. The normalized spacial score (nSPS) is 10.5. The Balaban J connectivity index is 2.36. The highest BCUT2D eigenvalue weighted by Gasteiger charge is 2.08. The largest absolute Gasteiger partial charge is 0.480 e. The molecule has 0 aromatic carbocycles. The second-order valence-corrected chi connectivity index (χ2v) is 3.09. The minimum absolute atomic E-state index is 0.156. The molecule has 6 nitrogen and oxygen atoms in total. The Morgan fingerprint density at radius 3 is 3.13 bits per heavy atom. The summed E-state index contributed by atoms with van der Waals surface area (Å²) >= 11 is 0. The van der Waals surface area contributed by atoms with Gasteiger partial charge < -0.3 is 15.0 Å². The number of aromatic nitrogens is 3. The molecule has 2 aromatic heterocycles. The molecule has 0 aliphatic heterocycles. The van der Waals surface area contributed by atoms with Crippen LogP contribution in [-0.2, 0) is 11.8 Å². The third-order valence-electron chi connectivity index (χ3n) is 2.05. The van der Waals surface area contributed by atoms with Crippen LogP contribution in [0.15, 0.2) is 18.3 Å². The Labute approximate surface area is 85.6 Å². The van der Waals surface area contributed by atoms with E-state index >= 15 is 0 Å². The summed E-state index contributed by atoms with van der Waals surface area (Å²) in [7, 11) is 1.81. The molecule has 0 saturated carbocycles. The third kappa shape index (κ3) is 1.74. The molecule has 0 spiro atoms. The van der Waals surface area contributed by atoms with Crippen molar-refractivity contribution in [3.63, 3.8) is 0 Å². The van der Waals surface area contributed by atoms with Gasteiger partial charge in [0, 0.05) is 13.2 Å². The van der Waals surface area contributed by atoms with Crippen LogP contribution in [0.2, 0.25) is 0 Å². The van der Waals surface area contributed by atoms with Crippen LogP contribution in [0, 0.1) is 0 Å². The maximum absolute atomic E-state index is 10.4. The van der Waals surface area contributed by atoms with Gasteiger partial charge in [0.2, 0.25) is 5.95 Å². The van der Waals surface area contributed by atoms with E-state index in [0.29, 0.717) is 11.6 Å². The molecule has 2 aromatic rings. The topological polar surface area (TPSA) is 80.0 Å². The zero-order chi connectivity index (χ0) is 10.8. The van der Waals surface area contributed by atoms with Crippen LogP contribution in [0.4, 0.5) is 5.95 Å². The van der Waals surface area contributed by atoms with Gasteiger partial charge in [0.1, 0.15) is 6.54 Å². The maximum Gasteiger partial charge on any atom is 0.322 e. The van der Waals surface area contributed by atoms with E-state index in [4.69, 9.17) is 5.11 Å². The molecule has 6 heteroatoms. The number of carboxylic acids is 1. The number of carboxylic acid groups (broad SMARTS) is 1. The lowest BCUT2D eigenvalue weighted by Crippen LogP contribution is -2.14. The molecule has 0 aliphatic carbocycles. The molecule has 2 rings (SSSR count). The molecule has 0 bridgehead atoms. The van der Waals surface area contributed by atoms with Crippen LogP contribution in [-0.4, -0.2) is 32.2 Å². The Morgan fingerprint density at radius 2 is 2.47 bits per heavy atom. The number of imidazole rings is 1. The van der Waals surface area contributed by atoms with Crippen molar-refractivity contribution in [2.24, 2.45) is 7.05 Å². The number of aryl methyl sites for hydroxylation is 1. The number of aliphatic carboxylic acids is 1. The predicted octanol–water partition coefficient (Wildman–Crippen LogP) is 0.465. The molecular weight excluding hydrogens is 196 g/mol. The second-order valence-electron chi connectivity index (χ2n) is 3.09. The SMILES string of the molecule is Cn1c(NCC(=O)O)nc2ncccc21. The number of rotatable bonds is 3. The summed E-state index contributed by atoms with van der Waals surface area (Å²) in [5.74, 6) is -0.416. The minimum atomic E-state index is -0.921. The number of nitrogens with zero attached hydrogens (tertiary/aromatic N) is 3. The molecular formula is C9H10N4O2. The van der Waals surface area contributed by atoms with Gasteiger partial charge in [-0.05, 0) is 12.1 Å². The summed E-state index contributed by atoms with van der Waals surface area (Å²) < 4.78 is 1.77. The van der Waals surface area contributed by atoms with Crippen molar-refractivity contribution in [3.05, 3.63) is 18.3 Å². The van der Waals surface area contributed by atoms with Gasteiger partial charge >= 0.3 is 5.97 Å². The molecule has 0 aliphatic rings. The van der Waals surface area contributed by atoms with Gasteiger partial charge in [0.25, 0.3) is 0 Å².